The molecule has 3 heterocycles. The Morgan fingerprint density at radius 1 is 1.14 bits per heavy atom. The lowest BCUT2D eigenvalue weighted by Crippen LogP contribution is -2.48. The van der Waals surface area contributed by atoms with Crippen LogP contribution in [0.5, 0.6) is 0 Å². The first-order valence-electron chi connectivity index (χ1n) is 12.6. The van der Waals surface area contributed by atoms with E-state index in [4.69, 9.17) is 0 Å². The van der Waals surface area contributed by atoms with Crippen LogP contribution in [-0.4, -0.2) is 71.2 Å². The first-order valence-corrected chi connectivity index (χ1v) is 12.6. The van der Waals surface area contributed by atoms with E-state index in [1.165, 1.54) is 30.8 Å². The topological polar surface area (TPSA) is 82.5 Å². The fourth-order valence-corrected chi connectivity index (χ4v) is 4.88. The zero-order valence-electron chi connectivity index (χ0n) is 20.6. The number of halogens is 3. The average Bonchev–Trinajstić information content (AvgIpc) is 3.49. The summed E-state index contributed by atoms with van der Waals surface area (Å²) in [5, 5.41) is 5.72. The van der Waals surface area contributed by atoms with Crippen molar-refractivity contribution in [3.05, 3.63) is 52.1 Å². The lowest BCUT2D eigenvalue weighted by molar-refractivity contribution is -0.138. The molecule has 2 amide bonds. The third-order valence-electron chi connectivity index (χ3n) is 6.87. The highest BCUT2D eigenvalue weighted by Crippen LogP contribution is 2.45. The van der Waals surface area contributed by atoms with E-state index in [1.807, 2.05) is 13.8 Å². The van der Waals surface area contributed by atoms with Crippen LogP contribution >= 0.6 is 0 Å². The van der Waals surface area contributed by atoms with Crippen molar-refractivity contribution in [1.29, 1.82) is 0 Å². The Morgan fingerprint density at radius 3 is 2.47 bits per heavy atom. The number of hydrogen-bond donors (Lipinski definition) is 2. The number of piperidine rings is 1. The first kappa shape index (κ1) is 26.2. The smallest absolute Gasteiger partial charge is 0.322 e. The molecule has 3 aliphatic rings. The molecule has 11 heteroatoms. The highest BCUT2D eigenvalue weighted by Gasteiger charge is 2.44. The summed E-state index contributed by atoms with van der Waals surface area (Å²) in [6.45, 7) is 8.98. The van der Waals surface area contributed by atoms with E-state index >= 15 is 0 Å². The van der Waals surface area contributed by atoms with Gasteiger partial charge in [0.05, 0.1) is 11.3 Å². The Labute approximate surface area is 208 Å². The first-order chi connectivity index (χ1) is 17.3. The number of carbonyl (C=O) groups excluding carboxylic acids is 1. The largest absolute Gasteiger partial charge is 0.416 e. The number of likely N-dealkylation sites (tertiary alicyclic amines) is 1. The normalized spacial score (nSPS) is 21.4. The third kappa shape index (κ3) is 6.07. The molecule has 1 aromatic heterocycles. The predicted molar refractivity (Wildman–Crippen MR) is 131 cm³/mol. The monoisotopic (exact) mass is 506 g/mol. The number of nitrogens with zero attached hydrogens (tertiary/aromatic N) is 4. The zero-order chi connectivity index (χ0) is 25.9. The Bertz CT molecular complexity index is 1120. The molecule has 1 saturated carbocycles. The van der Waals surface area contributed by atoms with Crippen LogP contribution < -0.4 is 16.3 Å². The van der Waals surface area contributed by atoms with Crippen LogP contribution in [0.15, 0.2) is 35.3 Å². The maximum Gasteiger partial charge on any atom is 0.416 e. The Balaban J connectivity index is 0.00000148. The van der Waals surface area contributed by atoms with Gasteiger partial charge in [0.1, 0.15) is 5.82 Å². The van der Waals surface area contributed by atoms with Crippen molar-refractivity contribution in [2.24, 2.45) is 11.8 Å². The van der Waals surface area contributed by atoms with E-state index in [0.29, 0.717) is 39.1 Å². The molecule has 2 unspecified atom stereocenters. The molecular formula is C25H33F3N6O2. The van der Waals surface area contributed by atoms with Gasteiger partial charge >= 0.3 is 17.9 Å². The minimum absolute atomic E-state index is 0.0566. The van der Waals surface area contributed by atoms with Crippen molar-refractivity contribution in [3.8, 4) is 5.69 Å². The molecule has 0 spiro atoms. The molecule has 0 radical (unpaired) electrons. The van der Waals surface area contributed by atoms with E-state index in [0.717, 1.165) is 35.6 Å². The molecule has 2 aromatic rings. The van der Waals surface area contributed by atoms with Crippen molar-refractivity contribution >= 4 is 11.8 Å². The van der Waals surface area contributed by atoms with Gasteiger partial charge < -0.3 is 15.1 Å². The quantitative estimate of drug-likeness (QED) is 0.651. The number of aromatic nitrogens is 2. The fraction of sp³-hybridized carbons (Fsp3) is 0.560. The summed E-state index contributed by atoms with van der Waals surface area (Å²) in [6.07, 6.45) is -1.65. The molecule has 5 rings (SSSR count). The minimum atomic E-state index is -4.53. The van der Waals surface area contributed by atoms with Gasteiger partial charge in [0.25, 0.3) is 0 Å². The number of urea groups is 1. The van der Waals surface area contributed by atoms with Gasteiger partial charge in [-0.05, 0) is 48.4 Å². The molecule has 2 N–H and O–H groups in total. The molecular weight excluding hydrogens is 473 g/mol. The summed E-state index contributed by atoms with van der Waals surface area (Å²) in [4.78, 5) is 32.6. The second-order valence-electron chi connectivity index (χ2n) is 9.24. The van der Waals surface area contributed by atoms with Crippen LogP contribution in [0.2, 0.25) is 0 Å². The maximum atomic E-state index is 13.8. The molecule has 36 heavy (non-hydrogen) atoms. The van der Waals surface area contributed by atoms with Gasteiger partial charge in [-0.2, -0.15) is 18.2 Å². The van der Waals surface area contributed by atoms with E-state index in [9.17, 15) is 22.8 Å². The second-order valence-corrected chi connectivity index (χ2v) is 9.24. The number of piperazine rings is 1. The Hall–Kier alpha value is -2.92. The standard InChI is InChI=1S/C23H27F3N6O2.C2H6/c24-23(25,26)19-12-18(2-1-15(19)3-7-30-13-16-11-17(16)14-30)32-8-4-20(29-22(32)34)28-21(33)31-9-5-27-6-10-31;1-2/h1-2,4,8,12,16-17,27H,3,5-7,9-11,13-14H2,(H,28,29,33,34);1-2H3. The number of carbonyl (C=O) groups is 1. The molecule has 1 aromatic carbocycles. The van der Waals surface area contributed by atoms with Gasteiger partial charge in [-0.1, -0.05) is 19.9 Å². The molecule has 2 aliphatic heterocycles. The van der Waals surface area contributed by atoms with E-state index in [2.05, 4.69) is 20.5 Å². The number of amides is 2. The minimum Gasteiger partial charge on any atom is -0.322 e. The lowest BCUT2D eigenvalue weighted by atomic mass is 10.0. The molecule has 1 aliphatic carbocycles. The SMILES string of the molecule is CC.O=C(Nc1ccn(-c2ccc(CCN3CC4CC4C3)c(C(F)(F)F)c2)c(=O)n1)N1CCNCC1. The summed E-state index contributed by atoms with van der Waals surface area (Å²) >= 11 is 0. The molecule has 2 atom stereocenters. The van der Waals surface area contributed by atoms with Crippen molar-refractivity contribution in [2.75, 3.05) is 51.1 Å². The molecule has 3 fully saturated rings. The lowest BCUT2D eigenvalue weighted by Gasteiger charge is -2.27. The highest BCUT2D eigenvalue weighted by molar-refractivity contribution is 5.88. The van der Waals surface area contributed by atoms with Crippen molar-refractivity contribution in [2.45, 2.75) is 32.9 Å². The molecule has 2 saturated heterocycles. The number of benzene rings is 1. The predicted octanol–water partition coefficient (Wildman–Crippen LogP) is 3.21. The molecule has 0 bridgehead atoms. The van der Waals surface area contributed by atoms with Crippen LogP contribution in [-0.2, 0) is 12.6 Å². The van der Waals surface area contributed by atoms with Crippen LogP contribution in [0.3, 0.4) is 0 Å². The maximum absolute atomic E-state index is 13.8. The molecule has 196 valence electrons. The van der Waals surface area contributed by atoms with Gasteiger partial charge in [0.15, 0.2) is 0 Å². The van der Waals surface area contributed by atoms with Crippen LogP contribution in [0, 0.1) is 11.8 Å². The number of rotatable bonds is 5. The van der Waals surface area contributed by atoms with Gasteiger partial charge in [0, 0.05) is 52.0 Å². The number of hydrogen-bond acceptors (Lipinski definition) is 5. The summed E-state index contributed by atoms with van der Waals surface area (Å²) < 4.78 is 42.5. The number of anilines is 1. The van der Waals surface area contributed by atoms with Gasteiger partial charge in [-0.25, -0.2) is 9.59 Å². The number of alkyl halides is 3. The third-order valence-corrected chi connectivity index (χ3v) is 6.87. The van der Waals surface area contributed by atoms with Crippen molar-refractivity contribution < 1.29 is 18.0 Å². The zero-order valence-corrected chi connectivity index (χ0v) is 20.6. The van der Waals surface area contributed by atoms with E-state index < -0.39 is 17.4 Å². The summed E-state index contributed by atoms with van der Waals surface area (Å²) in [5.74, 6) is 1.52. The van der Waals surface area contributed by atoms with Gasteiger partial charge in [-0.3, -0.25) is 9.88 Å². The van der Waals surface area contributed by atoms with Crippen LogP contribution in [0.25, 0.3) is 5.69 Å². The number of fused-ring (bicyclic) bond motifs is 1. The number of nitrogens with one attached hydrogen (secondary N) is 2. The highest BCUT2D eigenvalue weighted by atomic mass is 19.4. The Morgan fingerprint density at radius 2 is 1.83 bits per heavy atom. The van der Waals surface area contributed by atoms with Crippen molar-refractivity contribution in [3.63, 3.8) is 0 Å². The van der Waals surface area contributed by atoms with E-state index in [1.54, 1.807) is 4.90 Å². The second kappa shape index (κ2) is 11.0. The summed E-state index contributed by atoms with van der Waals surface area (Å²) in [5.41, 5.74) is -1.21. The van der Waals surface area contributed by atoms with Gasteiger partial charge in [-0.15, -0.1) is 0 Å². The molecule has 8 nitrogen and oxygen atoms in total. The fourth-order valence-electron chi connectivity index (χ4n) is 4.88. The van der Waals surface area contributed by atoms with E-state index in [-0.39, 0.29) is 23.1 Å². The van der Waals surface area contributed by atoms with Crippen LogP contribution in [0.4, 0.5) is 23.8 Å². The van der Waals surface area contributed by atoms with Crippen LogP contribution in [0.1, 0.15) is 31.4 Å². The Kier molecular flexibility index (Phi) is 7.99. The van der Waals surface area contributed by atoms with Crippen molar-refractivity contribution in [1.82, 2.24) is 24.7 Å². The average molecular weight is 507 g/mol. The summed E-state index contributed by atoms with van der Waals surface area (Å²) in [7, 11) is 0. The summed E-state index contributed by atoms with van der Waals surface area (Å²) in [6, 6.07) is 4.99. The van der Waals surface area contributed by atoms with Gasteiger partial charge in [0.2, 0.25) is 0 Å².